The highest BCUT2D eigenvalue weighted by molar-refractivity contribution is 5.81. The molecule has 0 amide bonds. The number of methoxy groups -OCH3 is 1. The lowest BCUT2D eigenvalue weighted by molar-refractivity contribution is -0.143. The van der Waals surface area contributed by atoms with Gasteiger partial charge in [-0.3, -0.25) is 4.79 Å². The van der Waals surface area contributed by atoms with Gasteiger partial charge in [0.1, 0.15) is 16.7 Å². The minimum Gasteiger partial charge on any atom is -0.497 e. The summed E-state index contributed by atoms with van der Waals surface area (Å²) in [5.41, 5.74) is -0.00416. The zero-order valence-electron chi connectivity index (χ0n) is 9.85. The maximum atomic E-state index is 11.1. The number of oxazole rings is 1. The van der Waals surface area contributed by atoms with Crippen LogP contribution in [0, 0.1) is 0 Å². The molecule has 1 aromatic carbocycles. The Kier molecular flexibility index (Phi) is 2.53. The number of nitrogens with zero attached hydrogens (tertiary/aromatic N) is 1. The molecule has 0 aliphatic carbocycles. The van der Waals surface area contributed by atoms with E-state index in [2.05, 4.69) is 4.98 Å². The van der Waals surface area contributed by atoms with Crippen molar-refractivity contribution in [2.45, 2.75) is 19.3 Å². The van der Waals surface area contributed by atoms with Crippen LogP contribution in [0.15, 0.2) is 22.6 Å². The van der Waals surface area contributed by atoms with Crippen molar-refractivity contribution >= 4 is 17.1 Å². The molecule has 0 aliphatic heterocycles. The number of aromatic nitrogens is 1. The van der Waals surface area contributed by atoms with Gasteiger partial charge in [0.2, 0.25) is 5.89 Å². The number of fused-ring (bicyclic) bond motifs is 1. The molecular weight excluding hydrogens is 222 g/mol. The van der Waals surface area contributed by atoms with Gasteiger partial charge in [-0.25, -0.2) is 4.98 Å². The first-order chi connectivity index (χ1) is 7.95. The highest BCUT2D eigenvalue weighted by Gasteiger charge is 2.35. The highest BCUT2D eigenvalue weighted by atomic mass is 16.5. The zero-order valence-corrected chi connectivity index (χ0v) is 9.85. The molecule has 0 aliphatic rings. The fourth-order valence-corrected chi connectivity index (χ4v) is 1.39. The first kappa shape index (κ1) is 11.4. The van der Waals surface area contributed by atoms with Gasteiger partial charge in [0.25, 0.3) is 0 Å². The van der Waals surface area contributed by atoms with Crippen molar-refractivity contribution < 1.29 is 19.1 Å². The Morgan fingerprint density at radius 1 is 1.47 bits per heavy atom. The van der Waals surface area contributed by atoms with Gasteiger partial charge in [0.05, 0.1) is 7.11 Å². The average molecular weight is 235 g/mol. The van der Waals surface area contributed by atoms with Gasteiger partial charge in [0, 0.05) is 6.07 Å². The predicted octanol–water partition coefficient (Wildman–Crippen LogP) is 2.20. The summed E-state index contributed by atoms with van der Waals surface area (Å²) in [6, 6.07) is 5.16. The number of carboxylic acid groups (broad SMARTS) is 1. The fraction of sp³-hybridized carbons (Fsp3) is 0.333. The van der Waals surface area contributed by atoms with Gasteiger partial charge in [-0.2, -0.15) is 0 Å². The Morgan fingerprint density at radius 3 is 2.76 bits per heavy atom. The normalized spacial score (nSPS) is 11.7. The fourth-order valence-electron chi connectivity index (χ4n) is 1.39. The topological polar surface area (TPSA) is 72.6 Å². The van der Waals surface area contributed by atoms with E-state index in [0.717, 1.165) is 0 Å². The molecular formula is C12H13NO4. The van der Waals surface area contributed by atoms with E-state index in [1.807, 2.05) is 0 Å². The Balaban J connectivity index is 2.55. The molecule has 5 nitrogen and oxygen atoms in total. The summed E-state index contributed by atoms with van der Waals surface area (Å²) < 4.78 is 10.5. The molecule has 0 spiro atoms. The highest BCUT2D eigenvalue weighted by Crippen LogP contribution is 2.28. The number of hydrogen-bond acceptors (Lipinski definition) is 4. The predicted molar refractivity (Wildman–Crippen MR) is 61.2 cm³/mol. The largest absolute Gasteiger partial charge is 0.497 e. The van der Waals surface area contributed by atoms with Crippen molar-refractivity contribution in [1.29, 1.82) is 0 Å². The lowest BCUT2D eigenvalue weighted by atomic mass is 9.94. The number of rotatable bonds is 3. The molecule has 0 bridgehead atoms. The number of hydrogen-bond donors (Lipinski definition) is 1. The van der Waals surface area contributed by atoms with E-state index in [-0.39, 0.29) is 5.89 Å². The zero-order chi connectivity index (χ0) is 12.6. The van der Waals surface area contributed by atoms with Crippen molar-refractivity contribution in [2.24, 2.45) is 0 Å². The smallest absolute Gasteiger partial charge is 0.318 e. The average Bonchev–Trinajstić information content (AvgIpc) is 2.71. The Hall–Kier alpha value is -2.04. The number of carbonyl (C=O) groups is 1. The lowest BCUT2D eigenvalue weighted by Crippen LogP contribution is -2.28. The molecule has 17 heavy (non-hydrogen) atoms. The minimum absolute atomic E-state index is 0.188. The monoisotopic (exact) mass is 235 g/mol. The van der Waals surface area contributed by atoms with Crippen molar-refractivity contribution in [3.63, 3.8) is 0 Å². The second-order valence-electron chi connectivity index (χ2n) is 4.28. The third-order valence-corrected chi connectivity index (χ3v) is 2.66. The summed E-state index contributed by atoms with van der Waals surface area (Å²) in [5.74, 6) is -0.130. The molecule has 2 rings (SSSR count). The van der Waals surface area contributed by atoms with E-state index in [0.29, 0.717) is 16.8 Å². The van der Waals surface area contributed by atoms with Crippen LogP contribution in [0.3, 0.4) is 0 Å². The maximum Gasteiger partial charge on any atom is 0.318 e. The van der Waals surface area contributed by atoms with Gasteiger partial charge in [-0.1, -0.05) is 0 Å². The van der Waals surface area contributed by atoms with Crippen LogP contribution in [0.5, 0.6) is 5.75 Å². The van der Waals surface area contributed by atoms with E-state index in [1.54, 1.807) is 39.2 Å². The van der Waals surface area contributed by atoms with Crippen molar-refractivity contribution in [2.75, 3.05) is 7.11 Å². The molecule has 0 unspecified atom stereocenters. The van der Waals surface area contributed by atoms with E-state index in [4.69, 9.17) is 14.3 Å². The number of benzene rings is 1. The van der Waals surface area contributed by atoms with E-state index in [9.17, 15) is 4.79 Å². The van der Waals surface area contributed by atoms with Crippen LogP contribution in [0.4, 0.5) is 0 Å². The Bertz CT molecular complexity index is 571. The molecule has 1 heterocycles. The SMILES string of the molecule is COc1ccc2oc(C(C)(C)C(=O)O)nc2c1. The molecule has 0 fully saturated rings. The standard InChI is InChI=1S/C12H13NO4/c1-12(2,11(14)15)10-13-8-6-7(16-3)4-5-9(8)17-10/h4-6H,1-3H3,(H,14,15). The Morgan fingerprint density at radius 2 is 2.18 bits per heavy atom. The van der Waals surface area contributed by atoms with Crippen molar-refractivity contribution in [3.8, 4) is 5.75 Å². The summed E-state index contributed by atoms with van der Waals surface area (Å²) in [5, 5.41) is 9.10. The van der Waals surface area contributed by atoms with Crippen molar-refractivity contribution in [3.05, 3.63) is 24.1 Å². The lowest BCUT2D eigenvalue weighted by Gasteiger charge is -2.13. The van der Waals surface area contributed by atoms with E-state index >= 15 is 0 Å². The quantitative estimate of drug-likeness (QED) is 0.882. The number of carboxylic acids is 1. The summed E-state index contributed by atoms with van der Waals surface area (Å²) in [6.07, 6.45) is 0. The van der Waals surface area contributed by atoms with Gasteiger partial charge < -0.3 is 14.3 Å². The van der Waals surface area contributed by atoms with Crippen LogP contribution in [-0.4, -0.2) is 23.2 Å². The first-order valence-corrected chi connectivity index (χ1v) is 5.13. The molecule has 90 valence electrons. The summed E-state index contributed by atoms with van der Waals surface area (Å²) >= 11 is 0. The first-order valence-electron chi connectivity index (χ1n) is 5.13. The van der Waals surface area contributed by atoms with Crippen LogP contribution in [0.2, 0.25) is 0 Å². The van der Waals surface area contributed by atoms with Crippen LogP contribution >= 0.6 is 0 Å². The van der Waals surface area contributed by atoms with Crippen LogP contribution in [0.1, 0.15) is 19.7 Å². The number of aliphatic carboxylic acids is 1. The van der Waals surface area contributed by atoms with E-state index in [1.165, 1.54) is 0 Å². The third kappa shape index (κ3) is 1.84. The summed E-state index contributed by atoms with van der Waals surface area (Å²) in [6.45, 7) is 3.11. The Labute approximate surface area is 98.0 Å². The molecule has 2 aromatic rings. The van der Waals surface area contributed by atoms with Crippen molar-refractivity contribution in [1.82, 2.24) is 4.98 Å². The van der Waals surface area contributed by atoms with Gasteiger partial charge >= 0.3 is 5.97 Å². The molecule has 0 atom stereocenters. The van der Waals surface area contributed by atoms with Crippen LogP contribution in [-0.2, 0) is 10.2 Å². The number of ether oxygens (including phenoxy) is 1. The van der Waals surface area contributed by atoms with Gasteiger partial charge in [-0.15, -0.1) is 0 Å². The maximum absolute atomic E-state index is 11.1. The minimum atomic E-state index is -1.15. The van der Waals surface area contributed by atoms with Gasteiger partial charge in [-0.05, 0) is 26.0 Å². The molecule has 1 aromatic heterocycles. The molecule has 1 N–H and O–H groups in total. The summed E-state index contributed by atoms with van der Waals surface area (Å²) in [7, 11) is 1.56. The van der Waals surface area contributed by atoms with Crippen LogP contribution < -0.4 is 4.74 Å². The van der Waals surface area contributed by atoms with E-state index < -0.39 is 11.4 Å². The molecule has 0 saturated heterocycles. The summed E-state index contributed by atoms with van der Waals surface area (Å²) in [4.78, 5) is 15.3. The molecule has 5 heteroatoms. The molecule has 0 radical (unpaired) electrons. The van der Waals surface area contributed by atoms with Crippen LogP contribution in [0.25, 0.3) is 11.1 Å². The second kappa shape index (κ2) is 3.76. The molecule has 0 saturated carbocycles. The second-order valence-corrected chi connectivity index (χ2v) is 4.28. The third-order valence-electron chi connectivity index (χ3n) is 2.66. The van der Waals surface area contributed by atoms with Gasteiger partial charge in [0.15, 0.2) is 5.58 Å².